The zero-order valence-electron chi connectivity index (χ0n) is 17.6. The van der Waals surface area contributed by atoms with Crippen LogP contribution in [0.1, 0.15) is 26.3 Å². The minimum atomic E-state index is -0.0638. The molecule has 6 nitrogen and oxygen atoms in total. The summed E-state index contributed by atoms with van der Waals surface area (Å²) in [5.74, 6) is -0.0638. The quantitative estimate of drug-likeness (QED) is 0.420. The lowest BCUT2D eigenvalue weighted by Crippen LogP contribution is -2.43. The number of para-hydroxylation sites is 1. The van der Waals surface area contributed by atoms with Crippen molar-refractivity contribution in [1.82, 2.24) is 20.0 Å². The van der Waals surface area contributed by atoms with Crippen molar-refractivity contribution in [2.45, 2.75) is 13.0 Å². The third-order valence-electron chi connectivity index (χ3n) is 5.66. The molecule has 0 unspecified atom stereocenters. The van der Waals surface area contributed by atoms with Crippen molar-refractivity contribution in [1.29, 1.82) is 0 Å². The van der Waals surface area contributed by atoms with Crippen LogP contribution in [0.25, 0.3) is 15.9 Å². The third-order valence-corrected chi connectivity index (χ3v) is 8.07. The standard InChI is InChI=1S/C23H23ClN4O2S2/c1-15-16-13-21(32-23(16)28(26-15)18-6-3-2-5-17(18)24)22(29)25-14-19(20-7-4-12-31-20)27-8-10-30-11-9-27/h2-7,12-13,19H,8-11,14H2,1H3,(H,25,29)/t19-/m0/s1. The van der Waals surface area contributed by atoms with Gasteiger partial charge < -0.3 is 10.1 Å². The smallest absolute Gasteiger partial charge is 0.261 e. The third kappa shape index (κ3) is 4.21. The number of nitrogens with one attached hydrogen (secondary N) is 1. The Bertz CT molecular complexity index is 1230. The van der Waals surface area contributed by atoms with Gasteiger partial charge in [-0.3, -0.25) is 9.69 Å². The average molecular weight is 487 g/mol. The molecule has 5 rings (SSSR count). The minimum Gasteiger partial charge on any atom is -0.379 e. The molecule has 1 aliphatic heterocycles. The van der Waals surface area contributed by atoms with Crippen LogP contribution in [0.3, 0.4) is 0 Å². The Kier molecular flexibility index (Phi) is 6.30. The lowest BCUT2D eigenvalue weighted by atomic mass is 10.2. The number of hydrogen-bond acceptors (Lipinski definition) is 6. The molecule has 1 fully saturated rings. The van der Waals surface area contributed by atoms with E-state index < -0.39 is 0 Å². The fourth-order valence-corrected chi connectivity index (χ4v) is 6.17. The Morgan fingerprint density at radius 3 is 2.81 bits per heavy atom. The first-order valence-corrected chi connectivity index (χ1v) is 12.6. The number of ether oxygens (including phenoxy) is 1. The van der Waals surface area contributed by atoms with Gasteiger partial charge in [-0.1, -0.05) is 29.8 Å². The molecule has 1 aromatic carbocycles. The molecule has 9 heteroatoms. The predicted octanol–water partition coefficient (Wildman–Crippen LogP) is 4.91. The molecule has 1 saturated heterocycles. The summed E-state index contributed by atoms with van der Waals surface area (Å²) in [6, 6.07) is 13.9. The maximum Gasteiger partial charge on any atom is 0.261 e. The van der Waals surface area contributed by atoms with E-state index in [0.717, 1.165) is 47.9 Å². The molecule has 0 bridgehead atoms. The Hall–Kier alpha value is -2.23. The van der Waals surface area contributed by atoms with Crippen LogP contribution in [0.15, 0.2) is 47.8 Å². The van der Waals surface area contributed by atoms with Gasteiger partial charge in [0.15, 0.2) is 0 Å². The molecule has 0 spiro atoms. The van der Waals surface area contributed by atoms with E-state index in [1.165, 1.54) is 16.2 Å². The molecule has 32 heavy (non-hydrogen) atoms. The van der Waals surface area contributed by atoms with Crippen LogP contribution in [-0.4, -0.2) is 53.4 Å². The van der Waals surface area contributed by atoms with Crippen LogP contribution in [0.2, 0.25) is 5.02 Å². The highest BCUT2D eigenvalue weighted by Gasteiger charge is 2.25. The highest BCUT2D eigenvalue weighted by Crippen LogP contribution is 2.32. The molecule has 0 aliphatic carbocycles. The van der Waals surface area contributed by atoms with Gasteiger partial charge >= 0.3 is 0 Å². The number of aromatic nitrogens is 2. The minimum absolute atomic E-state index is 0.0638. The zero-order chi connectivity index (χ0) is 22.1. The molecule has 166 valence electrons. The van der Waals surface area contributed by atoms with Gasteiger partial charge in [0.2, 0.25) is 0 Å². The first-order valence-electron chi connectivity index (χ1n) is 10.5. The SMILES string of the molecule is Cc1nn(-c2ccccc2Cl)c2sc(C(=O)NC[C@@H](c3cccs3)N3CCOCC3)cc12. The maximum absolute atomic E-state index is 13.1. The van der Waals surface area contributed by atoms with Crippen molar-refractivity contribution in [3.8, 4) is 5.69 Å². The number of aryl methyl sites for hydroxylation is 1. The van der Waals surface area contributed by atoms with Crippen molar-refractivity contribution < 1.29 is 9.53 Å². The fraction of sp³-hybridized carbons (Fsp3) is 0.304. The van der Waals surface area contributed by atoms with Crippen LogP contribution in [0, 0.1) is 6.92 Å². The van der Waals surface area contributed by atoms with Gasteiger partial charge in [0, 0.05) is 29.9 Å². The van der Waals surface area contributed by atoms with E-state index in [1.54, 1.807) is 11.3 Å². The van der Waals surface area contributed by atoms with Crippen LogP contribution in [-0.2, 0) is 4.74 Å². The molecular formula is C23H23ClN4O2S2. The second-order valence-electron chi connectivity index (χ2n) is 7.67. The number of carbonyl (C=O) groups excluding carboxylic acids is 1. The van der Waals surface area contributed by atoms with Gasteiger partial charge in [0.25, 0.3) is 5.91 Å². The molecule has 4 heterocycles. The summed E-state index contributed by atoms with van der Waals surface area (Å²) in [4.78, 5) is 18.3. The van der Waals surface area contributed by atoms with Crippen molar-refractivity contribution in [2.75, 3.05) is 32.8 Å². The van der Waals surface area contributed by atoms with Crippen molar-refractivity contribution in [2.24, 2.45) is 0 Å². The second-order valence-corrected chi connectivity index (χ2v) is 10.1. The highest BCUT2D eigenvalue weighted by molar-refractivity contribution is 7.20. The van der Waals surface area contributed by atoms with Crippen LogP contribution in [0.4, 0.5) is 0 Å². The first-order chi connectivity index (χ1) is 15.6. The maximum atomic E-state index is 13.1. The largest absolute Gasteiger partial charge is 0.379 e. The topological polar surface area (TPSA) is 59.4 Å². The van der Waals surface area contributed by atoms with Crippen molar-refractivity contribution in [3.63, 3.8) is 0 Å². The monoisotopic (exact) mass is 486 g/mol. The number of fused-ring (bicyclic) bond motifs is 1. The number of amides is 1. The predicted molar refractivity (Wildman–Crippen MR) is 130 cm³/mol. The fourth-order valence-electron chi connectivity index (χ4n) is 4.00. The number of nitrogens with zero attached hydrogens (tertiary/aromatic N) is 3. The summed E-state index contributed by atoms with van der Waals surface area (Å²) in [5, 5.41) is 11.5. The van der Waals surface area contributed by atoms with E-state index in [9.17, 15) is 4.79 Å². The summed E-state index contributed by atoms with van der Waals surface area (Å²) in [6.45, 7) is 5.70. The molecule has 0 radical (unpaired) electrons. The lowest BCUT2D eigenvalue weighted by molar-refractivity contribution is 0.0169. The molecule has 1 N–H and O–H groups in total. The number of morpholine rings is 1. The summed E-state index contributed by atoms with van der Waals surface area (Å²) < 4.78 is 7.34. The molecule has 3 aromatic heterocycles. The zero-order valence-corrected chi connectivity index (χ0v) is 20.0. The van der Waals surface area contributed by atoms with E-state index >= 15 is 0 Å². The molecule has 1 atom stereocenters. The number of halogens is 1. The van der Waals surface area contributed by atoms with Gasteiger partial charge in [-0.05, 0) is 36.6 Å². The van der Waals surface area contributed by atoms with Crippen molar-refractivity contribution >= 4 is 50.4 Å². The number of benzene rings is 1. The number of rotatable bonds is 6. The number of carbonyl (C=O) groups is 1. The summed E-state index contributed by atoms with van der Waals surface area (Å²) in [6.07, 6.45) is 0. The van der Waals surface area contributed by atoms with E-state index in [-0.39, 0.29) is 11.9 Å². The molecule has 0 saturated carbocycles. The average Bonchev–Trinajstić information content (AvgIpc) is 3.54. The highest BCUT2D eigenvalue weighted by atomic mass is 35.5. The summed E-state index contributed by atoms with van der Waals surface area (Å²) in [7, 11) is 0. The Balaban J connectivity index is 1.38. The van der Waals surface area contributed by atoms with Crippen LogP contribution >= 0.6 is 34.3 Å². The van der Waals surface area contributed by atoms with Crippen LogP contribution < -0.4 is 5.32 Å². The van der Waals surface area contributed by atoms with E-state index in [2.05, 4.69) is 32.8 Å². The van der Waals surface area contributed by atoms with Gasteiger partial charge in [0.1, 0.15) is 4.83 Å². The van der Waals surface area contributed by atoms with E-state index in [4.69, 9.17) is 16.3 Å². The Labute approximate surface area is 199 Å². The Morgan fingerprint density at radius 2 is 2.06 bits per heavy atom. The number of hydrogen-bond donors (Lipinski definition) is 1. The first kappa shape index (κ1) is 21.6. The Morgan fingerprint density at radius 1 is 1.25 bits per heavy atom. The molecule has 1 aliphatic rings. The van der Waals surface area contributed by atoms with Gasteiger partial charge in [-0.15, -0.1) is 22.7 Å². The summed E-state index contributed by atoms with van der Waals surface area (Å²) in [5.41, 5.74) is 1.69. The van der Waals surface area contributed by atoms with Gasteiger partial charge in [-0.2, -0.15) is 5.10 Å². The second kappa shape index (κ2) is 9.33. The number of thiophene rings is 2. The normalized spacial score (nSPS) is 15.8. The molecular weight excluding hydrogens is 464 g/mol. The van der Waals surface area contributed by atoms with Gasteiger partial charge in [0.05, 0.1) is 40.5 Å². The van der Waals surface area contributed by atoms with E-state index in [1.807, 2.05) is 41.9 Å². The summed E-state index contributed by atoms with van der Waals surface area (Å²) >= 11 is 9.56. The van der Waals surface area contributed by atoms with Gasteiger partial charge in [-0.25, -0.2) is 4.68 Å². The molecule has 4 aromatic rings. The van der Waals surface area contributed by atoms with E-state index in [0.29, 0.717) is 16.4 Å². The molecule has 1 amide bonds. The lowest BCUT2D eigenvalue weighted by Gasteiger charge is -2.34. The van der Waals surface area contributed by atoms with Crippen molar-refractivity contribution in [3.05, 3.63) is 68.3 Å². The van der Waals surface area contributed by atoms with Crippen LogP contribution in [0.5, 0.6) is 0 Å².